The Bertz CT molecular complexity index is 482. The molecule has 0 aromatic heterocycles. The molecule has 1 radical (unpaired) electrons. The summed E-state index contributed by atoms with van der Waals surface area (Å²) < 4.78 is 0. The SMILES string of the molecule is N#Cc1ccc(CC[C@H]2CC[C@H](C3CC[CH]CC3)CC2)cc1. The van der Waals surface area contributed by atoms with Gasteiger partial charge in [0.15, 0.2) is 0 Å². The highest BCUT2D eigenvalue weighted by Crippen LogP contribution is 2.40. The Morgan fingerprint density at radius 1 is 0.864 bits per heavy atom. The monoisotopic (exact) mass is 294 g/mol. The molecule has 0 saturated heterocycles. The molecule has 0 aliphatic heterocycles. The Kier molecular flexibility index (Phi) is 5.54. The molecule has 3 rings (SSSR count). The van der Waals surface area contributed by atoms with Crippen molar-refractivity contribution < 1.29 is 0 Å². The molecule has 2 aliphatic rings. The summed E-state index contributed by atoms with van der Waals surface area (Å²) in [6.45, 7) is 0. The van der Waals surface area contributed by atoms with Crippen molar-refractivity contribution in [3.63, 3.8) is 0 Å². The fourth-order valence-electron chi connectivity index (χ4n) is 4.49. The second kappa shape index (κ2) is 7.82. The largest absolute Gasteiger partial charge is 0.192 e. The lowest BCUT2D eigenvalue weighted by atomic mass is 9.70. The van der Waals surface area contributed by atoms with E-state index >= 15 is 0 Å². The maximum Gasteiger partial charge on any atom is 0.0991 e. The number of hydrogen-bond acceptors (Lipinski definition) is 1. The maximum atomic E-state index is 8.84. The Morgan fingerprint density at radius 3 is 2.14 bits per heavy atom. The standard InChI is InChI=1S/C21H28N/c22-16-19-10-8-17(9-11-19)6-7-18-12-14-21(15-13-18)20-4-2-1-3-5-20/h1,8-11,18,20-21H,2-7,12-15H2/t18-,21-. The average Bonchev–Trinajstić information content (AvgIpc) is 2.61. The fourth-order valence-corrected chi connectivity index (χ4v) is 4.49. The van der Waals surface area contributed by atoms with E-state index in [1.54, 1.807) is 0 Å². The van der Waals surface area contributed by atoms with Gasteiger partial charge < -0.3 is 0 Å². The molecule has 0 heterocycles. The molecule has 117 valence electrons. The fraction of sp³-hybridized carbons (Fsp3) is 0.619. The average molecular weight is 294 g/mol. The first-order valence-electron chi connectivity index (χ1n) is 9.16. The zero-order valence-corrected chi connectivity index (χ0v) is 13.6. The highest BCUT2D eigenvalue weighted by Gasteiger charge is 2.28. The van der Waals surface area contributed by atoms with Crippen LogP contribution in [0.25, 0.3) is 0 Å². The van der Waals surface area contributed by atoms with Crippen LogP contribution in [-0.2, 0) is 6.42 Å². The van der Waals surface area contributed by atoms with Crippen LogP contribution in [0, 0.1) is 35.5 Å². The number of nitrogens with zero attached hydrogens (tertiary/aromatic N) is 1. The van der Waals surface area contributed by atoms with Gasteiger partial charge in [-0.25, -0.2) is 0 Å². The van der Waals surface area contributed by atoms with E-state index in [9.17, 15) is 0 Å². The molecule has 0 bridgehead atoms. The molecule has 1 nitrogen and oxygen atoms in total. The first-order chi connectivity index (χ1) is 10.8. The maximum absolute atomic E-state index is 8.84. The minimum absolute atomic E-state index is 0.772. The summed E-state index contributed by atoms with van der Waals surface area (Å²) in [7, 11) is 0. The minimum atomic E-state index is 0.772. The van der Waals surface area contributed by atoms with Gasteiger partial charge in [0, 0.05) is 0 Å². The molecule has 1 aromatic rings. The highest BCUT2D eigenvalue weighted by atomic mass is 14.3. The van der Waals surface area contributed by atoms with Gasteiger partial charge in [-0.1, -0.05) is 25.0 Å². The summed E-state index contributed by atoms with van der Waals surface area (Å²) in [6, 6.07) is 10.4. The number of rotatable bonds is 4. The van der Waals surface area contributed by atoms with Crippen molar-refractivity contribution >= 4 is 0 Å². The van der Waals surface area contributed by atoms with E-state index in [1.165, 1.54) is 69.8 Å². The normalized spacial score (nSPS) is 26.5. The summed E-state index contributed by atoms with van der Waals surface area (Å²) in [5.74, 6) is 2.99. The van der Waals surface area contributed by atoms with Gasteiger partial charge in [0.2, 0.25) is 0 Å². The Balaban J connectivity index is 1.40. The zero-order valence-electron chi connectivity index (χ0n) is 13.6. The van der Waals surface area contributed by atoms with Crippen molar-refractivity contribution in [3.05, 3.63) is 41.8 Å². The Hall–Kier alpha value is -1.29. The summed E-state index contributed by atoms with van der Waals surface area (Å²) in [4.78, 5) is 0. The molecule has 2 aliphatic carbocycles. The molecule has 1 aromatic carbocycles. The molecule has 0 unspecified atom stereocenters. The van der Waals surface area contributed by atoms with Crippen molar-refractivity contribution in [2.24, 2.45) is 17.8 Å². The van der Waals surface area contributed by atoms with Crippen LogP contribution in [0.1, 0.15) is 68.9 Å². The van der Waals surface area contributed by atoms with Gasteiger partial charge in [-0.3, -0.25) is 0 Å². The number of benzene rings is 1. The molecule has 0 N–H and O–H groups in total. The summed E-state index contributed by atoms with van der Waals surface area (Å²) in [6.07, 6.45) is 16.5. The second-order valence-electron chi connectivity index (χ2n) is 7.33. The lowest BCUT2D eigenvalue weighted by molar-refractivity contribution is 0.173. The van der Waals surface area contributed by atoms with Crippen LogP contribution in [0.2, 0.25) is 0 Å². The second-order valence-corrected chi connectivity index (χ2v) is 7.33. The van der Waals surface area contributed by atoms with Gasteiger partial charge in [-0.05, 0) is 93.2 Å². The lowest BCUT2D eigenvalue weighted by Crippen LogP contribution is -2.23. The van der Waals surface area contributed by atoms with Crippen molar-refractivity contribution in [2.45, 2.75) is 64.2 Å². The van der Waals surface area contributed by atoms with E-state index in [4.69, 9.17) is 5.26 Å². The molecule has 0 atom stereocenters. The molecule has 22 heavy (non-hydrogen) atoms. The van der Waals surface area contributed by atoms with Crippen molar-refractivity contribution in [1.82, 2.24) is 0 Å². The molecule has 2 saturated carbocycles. The zero-order chi connectivity index (χ0) is 15.2. The van der Waals surface area contributed by atoms with E-state index in [1.807, 2.05) is 12.1 Å². The first kappa shape index (κ1) is 15.6. The van der Waals surface area contributed by atoms with E-state index in [-0.39, 0.29) is 0 Å². The van der Waals surface area contributed by atoms with E-state index in [0.717, 1.165) is 23.3 Å². The molecular weight excluding hydrogens is 266 g/mol. The van der Waals surface area contributed by atoms with Crippen LogP contribution in [0.4, 0.5) is 0 Å². The van der Waals surface area contributed by atoms with Gasteiger partial charge in [0.05, 0.1) is 11.6 Å². The third kappa shape index (κ3) is 4.13. The molecular formula is C21H28N. The van der Waals surface area contributed by atoms with Crippen LogP contribution >= 0.6 is 0 Å². The Labute approximate surface area is 135 Å². The van der Waals surface area contributed by atoms with E-state index in [2.05, 4.69) is 24.6 Å². The van der Waals surface area contributed by atoms with Crippen LogP contribution in [0.5, 0.6) is 0 Å². The highest BCUT2D eigenvalue weighted by molar-refractivity contribution is 5.31. The predicted molar refractivity (Wildman–Crippen MR) is 91.2 cm³/mol. The summed E-state index contributed by atoms with van der Waals surface area (Å²) in [5, 5.41) is 8.84. The third-order valence-corrected chi connectivity index (χ3v) is 5.97. The van der Waals surface area contributed by atoms with Gasteiger partial charge in [0.1, 0.15) is 0 Å². The van der Waals surface area contributed by atoms with Gasteiger partial charge in [-0.15, -0.1) is 0 Å². The number of aryl methyl sites for hydroxylation is 1. The summed E-state index contributed by atoms with van der Waals surface area (Å²) >= 11 is 0. The van der Waals surface area contributed by atoms with Crippen molar-refractivity contribution in [3.8, 4) is 6.07 Å². The molecule has 1 heteroatoms. The van der Waals surface area contributed by atoms with Crippen molar-refractivity contribution in [1.29, 1.82) is 5.26 Å². The van der Waals surface area contributed by atoms with E-state index in [0.29, 0.717) is 0 Å². The lowest BCUT2D eigenvalue weighted by Gasteiger charge is -2.35. The number of hydrogen-bond donors (Lipinski definition) is 0. The predicted octanol–water partition coefficient (Wildman–Crippen LogP) is 5.69. The van der Waals surface area contributed by atoms with Crippen LogP contribution in [-0.4, -0.2) is 0 Å². The third-order valence-electron chi connectivity index (χ3n) is 5.97. The minimum Gasteiger partial charge on any atom is -0.192 e. The van der Waals surface area contributed by atoms with E-state index < -0.39 is 0 Å². The molecule has 0 spiro atoms. The summed E-state index contributed by atoms with van der Waals surface area (Å²) in [5.41, 5.74) is 2.16. The molecule has 2 fully saturated rings. The van der Waals surface area contributed by atoms with Crippen LogP contribution in [0.15, 0.2) is 24.3 Å². The molecule has 0 amide bonds. The Morgan fingerprint density at radius 2 is 1.50 bits per heavy atom. The quantitative estimate of drug-likeness (QED) is 0.699. The van der Waals surface area contributed by atoms with Gasteiger partial charge >= 0.3 is 0 Å². The van der Waals surface area contributed by atoms with Crippen molar-refractivity contribution in [2.75, 3.05) is 0 Å². The smallest absolute Gasteiger partial charge is 0.0991 e. The van der Waals surface area contributed by atoms with Gasteiger partial charge in [-0.2, -0.15) is 5.26 Å². The first-order valence-corrected chi connectivity index (χ1v) is 9.16. The van der Waals surface area contributed by atoms with Gasteiger partial charge in [0.25, 0.3) is 0 Å². The topological polar surface area (TPSA) is 23.8 Å². The van der Waals surface area contributed by atoms with Crippen LogP contribution < -0.4 is 0 Å². The van der Waals surface area contributed by atoms with Crippen LogP contribution in [0.3, 0.4) is 0 Å². The number of nitriles is 1.